The largest absolute Gasteiger partial charge is 0.493 e. The first-order valence-corrected chi connectivity index (χ1v) is 7.13. The Morgan fingerprint density at radius 2 is 1.91 bits per heavy atom. The van der Waals surface area contributed by atoms with Crippen molar-refractivity contribution in [2.24, 2.45) is 0 Å². The quantitative estimate of drug-likeness (QED) is 0.420. The van der Waals surface area contributed by atoms with Crippen LogP contribution >= 0.6 is 0 Å². The van der Waals surface area contributed by atoms with Crippen LogP contribution in [-0.4, -0.2) is 32.8 Å². The van der Waals surface area contributed by atoms with E-state index < -0.39 is 5.97 Å². The van der Waals surface area contributed by atoms with Gasteiger partial charge in [0, 0.05) is 12.5 Å². The molecule has 0 aliphatic heterocycles. The Kier molecular flexibility index (Phi) is 7.75. The summed E-state index contributed by atoms with van der Waals surface area (Å²) in [6.45, 7) is 2.49. The molecule has 0 aromatic heterocycles. The highest BCUT2D eigenvalue weighted by molar-refractivity contribution is 5.87. The Hall–Kier alpha value is -2.30. The van der Waals surface area contributed by atoms with Crippen molar-refractivity contribution in [3.8, 4) is 5.75 Å². The van der Waals surface area contributed by atoms with E-state index in [-0.39, 0.29) is 5.97 Å². The second kappa shape index (κ2) is 9.60. The predicted molar refractivity (Wildman–Crippen MR) is 83.6 cm³/mol. The van der Waals surface area contributed by atoms with Gasteiger partial charge in [0.1, 0.15) is 5.75 Å². The van der Waals surface area contributed by atoms with E-state index in [0.29, 0.717) is 13.0 Å². The van der Waals surface area contributed by atoms with Crippen molar-refractivity contribution in [3.63, 3.8) is 0 Å². The SMILES string of the molecule is COC(=O)/C=C/c1ccc(C)c(OCCCCC(=O)OC)c1. The van der Waals surface area contributed by atoms with Crippen LogP contribution in [0, 0.1) is 6.92 Å². The van der Waals surface area contributed by atoms with E-state index in [1.54, 1.807) is 6.08 Å². The molecule has 0 saturated heterocycles. The van der Waals surface area contributed by atoms with Crippen LogP contribution in [0.3, 0.4) is 0 Å². The fraction of sp³-hybridized carbons (Fsp3) is 0.412. The number of ether oxygens (including phenoxy) is 3. The topological polar surface area (TPSA) is 61.8 Å². The van der Waals surface area contributed by atoms with Crippen molar-refractivity contribution < 1.29 is 23.8 Å². The Balaban J connectivity index is 2.50. The van der Waals surface area contributed by atoms with Gasteiger partial charge in [-0.25, -0.2) is 4.79 Å². The molecule has 1 rings (SSSR count). The number of hydrogen-bond acceptors (Lipinski definition) is 5. The van der Waals surface area contributed by atoms with Gasteiger partial charge in [-0.2, -0.15) is 0 Å². The number of rotatable bonds is 8. The van der Waals surface area contributed by atoms with Crippen molar-refractivity contribution in [3.05, 3.63) is 35.4 Å². The lowest BCUT2D eigenvalue weighted by atomic mass is 10.1. The van der Waals surface area contributed by atoms with Gasteiger partial charge in [-0.05, 0) is 43.0 Å². The number of esters is 2. The van der Waals surface area contributed by atoms with Gasteiger partial charge in [0.15, 0.2) is 0 Å². The maximum Gasteiger partial charge on any atom is 0.330 e. The van der Waals surface area contributed by atoms with Crippen LogP contribution in [0.1, 0.15) is 30.4 Å². The van der Waals surface area contributed by atoms with Crippen LogP contribution in [0.2, 0.25) is 0 Å². The molecule has 0 saturated carbocycles. The zero-order valence-corrected chi connectivity index (χ0v) is 13.3. The van der Waals surface area contributed by atoms with E-state index in [0.717, 1.165) is 29.7 Å². The lowest BCUT2D eigenvalue weighted by molar-refractivity contribution is -0.140. The monoisotopic (exact) mass is 306 g/mol. The fourth-order valence-electron chi connectivity index (χ4n) is 1.76. The molecule has 0 unspecified atom stereocenters. The molecule has 0 atom stereocenters. The molecule has 0 bridgehead atoms. The molecule has 0 amide bonds. The molecule has 1 aromatic rings. The molecule has 0 aliphatic rings. The molecule has 22 heavy (non-hydrogen) atoms. The van der Waals surface area contributed by atoms with Crippen LogP contribution in [-0.2, 0) is 19.1 Å². The number of benzene rings is 1. The third kappa shape index (κ3) is 6.43. The number of hydrogen-bond donors (Lipinski definition) is 0. The van der Waals surface area contributed by atoms with E-state index in [1.807, 2.05) is 25.1 Å². The smallest absolute Gasteiger partial charge is 0.330 e. The average molecular weight is 306 g/mol. The molecule has 0 heterocycles. The number of carbonyl (C=O) groups is 2. The minimum absolute atomic E-state index is 0.203. The summed E-state index contributed by atoms with van der Waals surface area (Å²) in [6, 6.07) is 5.70. The minimum atomic E-state index is -0.397. The van der Waals surface area contributed by atoms with Crippen LogP contribution < -0.4 is 4.74 Å². The summed E-state index contributed by atoms with van der Waals surface area (Å²) in [6.07, 6.45) is 4.95. The lowest BCUT2D eigenvalue weighted by Gasteiger charge is -2.09. The van der Waals surface area contributed by atoms with Crippen LogP contribution in [0.5, 0.6) is 5.75 Å². The van der Waals surface area contributed by atoms with Crippen molar-refractivity contribution in [2.45, 2.75) is 26.2 Å². The molecule has 1 aromatic carbocycles. The van der Waals surface area contributed by atoms with Crippen molar-refractivity contribution in [1.82, 2.24) is 0 Å². The van der Waals surface area contributed by atoms with Gasteiger partial charge >= 0.3 is 11.9 Å². The normalized spacial score (nSPS) is 10.5. The number of unbranched alkanes of at least 4 members (excludes halogenated alkanes) is 1. The third-order valence-electron chi connectivity index (χ3n) is 3.09. The zero-order chi connectivity index (χ0) is 16.4. The molecule has 5 heteroatoms. The molecule has 5 nitrogen and oxygen atoms in total. The zero-order valence-electron chi connectivity index (χ0n) is 13.3. The van der Waals surface area contributed by atoms with E-state index in [1.165, 1.54) is 20.3 Å². The summed E-state index contributed by atoms with van der Waals surface area (Å²) >= 11 is 0. The van der Waals surface area contributed by atoms with E-state index >= 15 is 0 Å². The van der Waals surface area contributed by atoms with Crippen LogP contribution in [0.4, 0.5) is 0 Å². The minimum Gasteiger partial charge on any atom is -0.493 e. The highest BCUT2D eigenvalue weighted by atomic mass is 16.5. The molecular formula is C17H22O5. The predicted octanol–water partition coefficient (Wildman–Crippen LogP) is 2.90. The van der Waals surface area contributed by atoms with Crippen molar-refractivity contribution in [1.29, 1.82) is 0 Å². The third-order valence-corrected chi connectivity index (χ3v) is 3.09. The first-order valence-electron chi connectivity index (χ1n) is 7.13. The molecule has 0 radical (unpaired) electrons. The second-order valence-electron chi connectivity index (χ2n) is 4.76. The highest BCUT2D eigenvalue weighted by Gasteiger charge is 2.03. The molecular weight excluding hydrogens is 284 g/mol. The standard InChI is InChI=1S/C17H22O5/c1-13-7-8-14(9-10-17(19)21-3)12-15(13)22-11-5-4-6-16(18)20-2/h7-10,12H,4-6,11H2,1-3H3/b10-9+. The van der Waals surface area contributed by atoms with Gasteiger partial charge in [0.2, 0.25) is 0 Å². The van der Waals surface area contributed by atoms with Gasteiger partial charge in [-0.1, -0.05) is 12.1 Å². The summed E-state index contributed by atoms with van der Waals surface area (Å²) in [7, 11) is 2.72. The maximum absolute atomic E-state index is 11.1. The van der Waals surface area contributed by atoms with Gasteiger partial charge in [-0.3, -0.25) is 4.79 Å². The summed E-state index contributed by atoms with van der Waals surface area (Å²) < 4.78 is 14.9. The van der Waals surface area contributed by atoms with Gasteiger partial charge in [0.25, 0.3) is 0 Å². The first-order chi connectivity index (χ1) is 10.6. The molecule has 0 spiro atoms. The van der Waals surface area contributed by atoms with Gasteiger partial charge in [-0.15, -0.1) is 0 Å². The Bertz CT molecular complexity index is 534. The first kappa shape index (κ1) is 17.8. The lowest BCUT2D eigenvalue weighted by Crippen LogP contribution is -2.03. The van der Waals surface area contributed by atoms with Crippen LogP contribution in [0.15, 0.2) is 24.3 Å². The molecule has 120 valence electrons. The molecule has 0 N–H and O–H groups in total. The fourth-order valence-corrected chi connectivity index (χ4v) is 1.76. The Labute approximate surface area is 130 Å². The summed E-state index contributed by atoms with van der Waals surface area (Å²) in [5.41, 5.74) is 1.88. The van der Waals surface area contributed by atoms with E-state index in [4.69, 9.17) is 4.74 Å². The van der Waals surface area contributed by atoms with Crippen LogP contribution in [0.25, 0.3) is 6.08 Å². The maximum atomic E-state index is 11.1. The van der Waals surface area contributed by atoms with Crippen molar-refractivity contribution >= 4 is 18.0 Å². The average Bonchev–Trinajstić information content (AvgIpc) is 2.54. The highest BCUT2D eigenvalue weighted by Crippen LogP contribution is 2.21. The summed E-state index contributed by atoms with van der Waals surface area (Å²) in [5, 5.41) is 0. The molecule has 0 aliphatic carbocycles. The molecule has 0 fully saturated rings. The summed E-state index contributed by atoms with van der Waals surface area (Å²) in [5.74, 6) is 0.169. The summed E-state index contributed by atoms with van der Waals surface area (Å²) in [4.78, 5) is 22.1. The second-order valence-corrected chi connectivity index (χ2v) is 4.76. The number of carbonyl (C=O) groups excluding carboxylic acids is 2. The van der Waals surface area contributed by atoms with E-state index in [2.05, 4.69) is 9.47 Å². The number of aryl methyl sites for hydroxylation is 1. The van der Waals surface area contributed by atoms with Gasteiger partial charge < -0.3 is 14.2 Å². The Morgan fingerprint density at radius 1 is 1.14 bits per heavy atom. The Morgan fingerprint density at radius 3 is 2.59 bits per heavy atom. The number of methoxy groups -OCH3 is 2. The van der Waals surface area contributed by atoms with E-state index in [9.17, 15) is 9.59 Å². The van der Waals surface area contributed by atoms with Crippen molar-refractivity contribution in [2.75, 3.05) is 20.8 Å². The van der Waals surface area contributed by atoms with Gasteiger partial charge in [0.05, 0.1) is 20.8 Å².